The number of nitrogens with zero attached hydrogens (tertiary/aromatic N) is 1. The van der Waals surface area contributed by atoms with Crippen LogP contribution >= 0.6 is 11.3 Å². The molecule has 0 aliphatic heterocycles. The molecule has 0 spiro atoms. The van der Waals surface area contributed by atoms with Crippen LogP contribution in [0.5, 0.6) is 0 Å². The van der Waals surface area contributed by atoms with Crippen LogP contribution in [0.15, 0.2) is 78.9 Å². The van der Waals surface area contributed by atoms with E-state index in [1.54, 1.807) is 11.3 Å². The zero-order valence-electron chi connectivity index (χ0n) is 15.9. The minimum absolute atomic E-state index is 1.03. The highest BCUT2D eigenvalue weighted by atomic mass is 32.1. The highest BCUT2D eigenvalue weighted by Gasteiger charge is 2.13. The van der Waals surface area contributed by atoms with Crippen LogP contribution < -0.4 is 5.32 Å². The third-order valence-corrected chi connectivity index (χ3v) is 6.23. The van der Waals surface area contributed by atoms with Crippen molar-refractivity contribution < 1.29 is 0 Å². The second kappa shape index (κ2) is 6.77. The molecular weight excluding hydrogens is 360 g/mol. The molecule has 136 valence electrons. The van der Waals surface area contributed by atoms with E-state index < -0.39 is 0 Å². The third kappa shape index (κ3) is 2.85. The molecule has 0 atom stereocenters. The SMILES string of the molecule is Cc1cccc(C)c1Nc1cccc2sc(-c3cccc4ccccc34)nc12. The van der Waals surface area contributed by atoms with Crippen molar-refractivity contribution in [2.24, 2.45) is 0 Å². The monoisotopic (exact) mass is 380 g/mol. The van der Waals surface area contributed by atoms with Crippen LogP contribution in [0.25, 0.3) is 31.6 Å². The van der Waals surface area contributed by atoms with Gasteiger partial charge >= 0.3 is 0 Å². The van der Waals surface area contributed by atoms with Gasteiger partial charge in [-0.1, -0.05) is 66.7 Å². The fourth-order valence-corrected chi connectivity index (χ4v) is 4.75. The van der Waals surface area contributed by atoms with Gasteiger partial charge in [-0.25, -0.2) is 4.98 Å². The molecule has 5 rings (SSSR count). The van der Waals surface area contributed by atoms with E-state index in [1.165, 1.54) is 32.2 Å². The molecule has 1 N–H and O–H groups in total. The van der Waals surface area contributed by atoms with Crippen molar-refractivity contribution in [3.8, 4) is 10.6 Å². The van der Waals surface area contributed by atoms with E-state index in [4.69, 9.17) is 4.98 Å². The van der Waals surface area contributed by atoms with E-state index in [0.717, 1.165) is 21.9 Å². The van der Waals surface area contributed by atoms with Gasteiger partial charge in [-0.05, 0) is 47.9 Å². The van der Waals surface area contributed by atoms with Gasteiger partial charge in [-0.3, -0.25) is 0 Å². The van der Waals surface area contributed by atoms with Gasteiger partial charge in [-0.2, -0.15) is 0 Å². The van der Waals surface area contributed by atoms with Crippen LogP contribution in [-0.4, -0.2) is 4.98 Å². The molecule has 28 heavy (non-hydrogen) atoms. The number of rotatable bonds is 3. The lowest BCUT2D eigenvalue weighted by Crippen LogP contribution is -1.96. The topological polar surface area (TPSA) is 24.9 Å². The first kappa shape index (κ1) is 17.0. The quantitative estimate of drug-likeness (QED) is 0.351. The van der Waals surface area contributed by atoms with Gasteiger partial charge in [0.1, 0.15) is 10.5 Å². The molecule has 0 amide bonds. The highest BCUT2D eigenvalue weighted by molar-refractivity contribution is 7.21. The highest BCUT2D eigenvalue weighted by Crippen LogP contribution is 2.38. The predicted molar refractivity (Wildman–Crippen MR) is 122 cm³/mol. The van der Waals surface area contributed by atoms with Crippen LogP contribution in [0.1, 0.15) is 11.1 Å². The number of thiazole rings is 1. The number of hydrogen-bond acceptors (Lipinski definition) is 3. The lowest BCUT2D eigenvalue weighted by Gasteiger charge is -2.13. The number of anilines is 2. The van der Waals surface area contributed by atoms with E-state index in [0.29, 0.717) is 0 Å². The van der Waals surface area contributed by atoms with Crippen LogP contribution in [0, 0.1) is 13.8 Å². The number of benzene rings is 4. The van der Waals surface area contributed by atoms with Crippen LogP contribution in [0.2, 0.25) is 0 Å². The summed E-state index contributed by atoms with van der Waals surface area (Å²) < 4.78 is 1.19. The maximum Gasteiger partial charge on any atom is 0.125 e. The summed E-state index contributed by atoms with van der Waals surface area (Å²) in [5.41, 5.74) is 6.91. The van der Waals surface area contributed by atoms with Gasteiger partial charge in [0.15, 0.2) is 0 Å². The minimum atomic E-state index is 1.03. The van der Waals surface area contributed by atoms with Gasteiger partial charge < -0.3 is 5.32 Å². The fourth-order valence-electron chi connectivity index (χ4n) is 3.72. The van der Waals surface area contributed by atoms with Crippen molar-refractivity contribution in [1.29, 1.82) is 0 Å². The zero-order valence-corrected chi connectivity index (χ0v) is 16.7. The Bertz CT molecular complexity index is 1290. The summed E-state index contributed by atoms with van der Waals surface area (Å²) in [7, 11) is 0. The molecule has 0 aliphatic carbocycles. The summed E-state index contributed by atoms with van der Waals surface area (Å²) in [6, 6.07) is 27.7. The van der Waals surface area contributed by atoms with E-state index in [9.17, 15) is 0 Å². The number of para-hydroxylation sites is 2. The second-order valence-electron chi connectivity index (χ2n) is 7.09. The zero-order chi connectivity index (χ0) is 19.1. The molecule has 0 unspecified atom stereocenters. The largest absolute Gasteiger partial charge is 0.353 e. The Hall–Kier alpha value is -3.17. The molecule has 0 radical (unpaired) electrons. The Morgan fingerprint density at radius 3 is 2.32 bits per heavy atom. The third-order valence-electron chi connectivity index (χ3n) is 5.18. The molecule has 0 bridgehead atoms. The average Bonchev–Trinajstić information content (AvgIpc) is 3.15. The first-order chi connectivity index (χ1) is 13.7. The maximum atomic E-state index is 5.04. The second-order valence-corrected chi connectivity index (χ2v) is 8.12. The van der Waals surface area contributed by atoms with Crippen molar-refractivity contribution in [3.63, 3.8) is 0 Å². The number of aryl methyl sites for hydroxylation is 2. The first-order valence-corrected chi connectivity index (χ1v) is 10.2. The number of nitrogens with one attached hydrogen (secondary N) is 1. The van der Waals surface area contributed by atoms with E-state index in [1.807, 2.05) is 0 Å². The van der Waals surface area contributed by atoms with Crippen LogP contribution in [0.3, 0.4) is 0 Å². The summed E-state index contributed by atoms with van der Waals surface area (Å²) in [4.78, 5) is 5.04. The summed E-state index contributed by atoms with van der Waals surface area (Å²) >= 11 is 1.75. The molecule has 0 aliphatic rings. The van der Waals surface area contributed by atoms with Gasteiger partial charge in [0, 0.05) is 11.3 Å². The summed E-state index contributed by atoms with van der Waals surface area (Å²) in [5, 5.41) is 7.17. The maximum absolute atomic E-state index is 5.04. The molecule has 0 saturated heterocycles. The Balaban J connectivity index is 1.65. The Morgan fingerprint density at radius 2 is 1.46 bits per heavy atom. The fraction of sp³-hybridized carbons (Fsp3) is 0.0800. The molecular formula is C25H20N2S. The normalized spacial score (nSPS) is 11.2. The smallest absolute Gasteiger partial charge is 0.125 e. The van der Waals surface area contributed by atoms with Crippen molar-refractivity contribution in [1.82, 2.24) is 4.98 Å². The van der Waals surface area contributed by atoms with Crippen molar-refractivity contribution in [3.05, 3.63) is 90.0 Å². The first-order valence-electron chi connectivity index (χ1n) is 9.41. The summed E-state index contributed by atoms with van der Waals surface area (Å²) in [5.74, 6) is 0. The molecule has 4 aromatic carbocycles. The van der Waals surface area contributed by atoms with Crippen molar-refractivity contribution in [2.75, 3.05) is 5.32 Å². The van der Waals surface area contributed by atoms with Crippen molar-refractivity contribution >= 4 is 43.7 Å². The number of fused-ring (bicyclic) bond motifs is 2. The van der Waals surface area contributed by atoms with Gasteiger partial charge in [0.2, 0.25) is 0 Å². The van der Waals surface area contributed by atoms with Crippen LogP contribution in [-0.2, 0) is 0 Å². The Morgan fingerprint density at radius 1 is 0.750 bits per heavy atom. The minimum Gasteiger partial charge on any atom is -0.353 e. The van der Waals surface area contributed by atoms with E-state index in [-0.39, 0.29) is 0 Å². The van der Waals surface area contributed by atoms with Gasteiger partial charge in [0.05, 0.1) is 10.4 Å². The molecule has 2 nitrogen and oxygen atoms in total. The molecule has 3 heteroatoms. The lowest BCUT2D eigenvalue weighted by atomic mass is 10.1. The molecule has 0 saturated carbocycles. The molecule has 1 aromatic heterocycles. The van der Waals surface area contributed by atoms with E-state index in [2.05, 4.69) is 98.0 Å². The van der Waals surface area contributed by atoms with E-state index >= 15 is 0 Å². The number of hydrogen-bond donors (Lipinski definition) is 1. The van der Waals surface area contributed by atoms with Gasteiger partial charge in [0.25, 0.3) is 0 Å². The summed E-state index contributed by atoms with van der Waals surface area (Å²) in [6.07, 6.45) is 0. The molecule has 0 fully saturated rings. The Labute approximate surface area is 168 Å². The van der Waals surface area contributed by atoms with Crippen LogP contribution in [0.4, 0.5) is 11.4 Å². The Kier molecular flexibility index (Phi) is 4.10. The predicted octanol–water partition coefficient (Wildman–Crippen LogP) is 7.48. The van der Waals surface area contributed by atoms with Gasteiger partial charge in [-0.15, -0.1) is 11.3 Å². The standard InChI is InChI=1S/C25H20N2S/c1-16-8-5-9-17(2)23(16)26-21-14-7-15-22-24(21)27-25(28-22)20-13-6-11-18-10-3-4-12-19(18)20/h3-15,26H,1-2H3. The molecule has 1 heterocycles. The summed E-state index contributed by atoms with van der Waals surface area (Å²) in [6.45, 7) is 4.27. The number of aromatic nitrogens is 1. The average molecular weight is 381 g/mol. The van der Waals surface area contributed by atoms with Crippen molar-refractivity contribution in [2.45, 2.75) is 13.8 Å². The molecule has 5 aromatic rings. The lowest BCUT2D eigenvalue weighted by molar-refractivity contribution is 1.36.